The Morgan fingerprint density at radius 3 is 2.19 bits per heavy atom. The molecule has 0 amide bonds. The Morgan fingerprint density at radius 1 is 0.860 bits per heavy atom. The second-order valence-electron chi connectivity index (χ2n) is 10.9. The average Bonchev–Trinajstić information content (AvgIpc) is 3.00. The average molecular weight is 621 g/mol. The molecule has 0 radical (unpaired) electrons. The molecule has 4 aromatic rings. The number of nitrogens with zero attached hydrogens (tertiary/aromatic N) is 1. The van der Waals surface area contributed by atoms with Crippen LogP contribution < -0.4 is 11.2 Å². The molecule has 0 aliphatic carbocycles. The van der Waals surface area contributed by atoms with Crippen LogP contribution in [0.25, 0.3) is 0 Å². The molecule has 0 saturated carbocycles. The zero-order chi connectivity index (χ0) is 30.3. The molecule has 0 bridgehead atoms. The van der Waals surface area contributed by atoms with Gasteiger partial charge in [-0.1, -0.05) is 65.7 Å². The van der Waals surface area contributed by atoms with Crippen molar-refractivity contribution in [2.24, 2.45) is 0 Å². The van der Waals surface area contributed by atoms with Gasteiger partial charge in [0.05, 0.1) is 16.8 Å². The molecule has 43 heavy (non-hydrogen) atoms. The molecule has 6 atom stereocenters. The van der Waals surface area contributed by atoms with Crippen LogP contribution in [0.4, 0.5) is 0 Å². The monoisotopic (exact) mass is 620 g/mol. The molecule has 2 saturated heterocycles. The Kier molecular flexibility index (Phi) is 8.18. The van der Waals surface area contributed by atoms with Crippen LogP contribution >= 0.6 is 11.8 Å². The van der Waals surface area contributed by atoms with Crippen molar-refractivity contribution in [3.63, 3.8) is 0 Å². The van der Waals surface area contributed by atoms with E-state index in [4.69, 9.17) is 14.2 Å². The maximum atomic E-state index is 14.7. The Hall–Kier alpha value is -3.48. The minimum Gasteiger partial charge on any atom is -0.348 e. The molecule has 6 rings (SSSR count). The van der Waals surface area contributed by atoms with Crippen molar-refractivity contribution in [2.45, 2.75) is 65.8 Å². The van der Waals surface area contributed by atoms with Gasteiger partial charge in [0.15, 0.2) is 22.4 Å². The van der Waals surface area contributed by atoms with Crippen LogP contribution in [-0.4, -0.2) is 47.3 Å². The van der Waals surface area contributed by atoms with Crippen molar-refractivity contribution < 1.29 is 22.6 Å². The van der Waals surface area contributed by atoms with Gasteiger partial charge in [-0.15, -0.1) is 11.8 Å². The van der Waals surface area contributed by atoms with Gasteiger partial charge in [0.25, 0.3) is 5.56 Å². The smallest absolute Gasteiger partial charge is 0.330 e. The van der Waals surface area contributed by atoms with E-state index in [0.717, 1.165) is 21.6 Å². The summed E-state index contributed by atoms with van der Waals surface area (Å²) in [5, 5.41) is -2.01. The van der Waals surface area contributed by atoms with E-state index in [1.54, 1.807) is 31.2 Å². The summed E-state index contributed by atoms with van der Waals surface area (Å²) in [5.41, 5.74) is 1.81. The Labute approximate surface area is 253 Å². The number of sulfone groups is 1. The number of H-pyrrole nitrogens is 1. The molecule has 2 aliphatic rings. The zero-order valence-corrected chi connectivity index (χ0v) is 25.5. The summed E-state index contributed by atoms with van der Waals surface area (Å²) < 4.78 is 49.7. The van der Waals surface area contributed by atoms with E-state index in [1.807, 2.05) is 68.4 Å². The number of thioether (sulfide) groups is 1. The Bertz CT molecular complexity index is 1820. The minimum absolute atomic E-state index is 0.0413. The summed E-state index contributed by atoms with van der Waals surface area (Å²) >= 11 is 1.30. The number of fused-ring (bicyclic) bond motifs is 1. The lowest BCUT2D eigenvalue weighted by Crippen LogP contribution is -2.62. The number of ether oxygens (including phenoxy) is 3. The second kappa shape index (κ2) is 11.9. The van der Waals surface area contributed by atoms with E-state index in [1.165, 1.54) is 22.5 Å². The van der Waals surface area contributed by atoms with Crippen molar-refractivity contribution in [1.82, 2.24) is 9.55 Å². The molecule has 3 aromatic carbocycles. The van der Waals surface area contributed by atoms with Crippen molar-refractivity contribution >= 4 is 21.6 Å². The number of aryl methyl sites for hydroxylation is 3. The van der Waals surface area contributed by atoms with Gasteiger partial charge in [-0.2, -0.15) is 0 Å². The van der Waals surface area contributed by atoms with Crippen LogP contribution in [0.5, 0.6) is 0 Å². The molecule has 224 valence electrons. The summed E-state index contributed by atoms with van der Waals surface area (Å²) in [6.45, 7) is 5.49. The lowest BCUT2D eigenvalue weighted by Gasteiger charge is -2.49. The second-order valence-corrected chi connectivity index (χ2v) is 14.3. The minimum atomic E-state index is -4.07. The lowest BCUT2D eigenvalue weighted by atomic mass is 10.0. The third-order valence-electron chi connectivity index (χ3n) is 7.79. The van der Waals surface area contributed by atoms with E-state index in [0.29, 0.717) is 5.56 Å². The van der Waals surface area contributed by atoms with Crippen molar-refractivity contribution in [2.75, 3.05) is 6.61 Å². The third kappa shape index (κ3) is 5.87. The van der Waals surface area contributed by atoms with Crippen LogP contribution in [0.15, 0.2) is 104 Å². The van der Waals surface area contributed by atoms with E-state index in [2.05, 4.69) is 4.98 Å². The van der Waals surface area contributed by atoms with Crippen molar-refractivity contribution in [3.8, 4) is 0 Å². The predicted octanol–water partition coefficient (Wildman–Crippen LogP) is 4.48. The fraction of sp³-hybridized carbons (Fsp3) is 0.312. The van der Waals surface area contributed by atoms with E-state index < -0.39 is 56.3 Å². The van der Waals surface area contributed by atoms with Gasteiger partial charge in [0.2, 0.25) is 0 Å². The van der Waals surface area contributed by atoms with Gasteiger partial charge in [-0.05, 0) is 45.0 Å². The number of nitrogens with one attached hydrogen (secondary N) is 1. The molecular weight excluding hydrogens is 588 g/mol. The summed E-state index contributed by atoms with van der Waals surface area (Å²) in [6.07, 6.45) is -2.20. The number of aromatic nitrogens is 2. The lowest BCUT2D eigenvalue weighted by molar-refractivity contribution is -0.293. The first-order chi connectivity index (χ1) is 20.6. The topological polar surface area (TPSA) is 117 Å². The van der Waals surface area contributed by atoms with Crippen LogP contribution in [0.3, 0.4) is 0 Å². The number of hydrogen-bond acceptors (Lipinski definition) is 8. The summed E-state index contributed by atoms with van der Waals surface area (Å²) in [6, 6.07) is 23.8. The van der Waals surface area contributed by atoms with Crippen LogP contribution in [0.1, 0.15) is 34.8 Å². The van der Waals surface area contributed by atoms with Gasteiger partial charge in [0, 0.05) is 22.2 Å². The highest BCUT2D eigenvalue weighted by molar-refractivity contribution is 8.01. The fourth-order valence-corrected chi connectivity index (χ4v) is 9.20. The highest BCUT2D eigenvalue weighted by Gasteiger charge is 2.56. The SMILES string of the molecule is Cc1ccc(S[C@@H]2[C@H](S(=O)(=O)c3ccc(C)cc3)[C@@H]3OC(c4ccccc4)OC[C@H]3O[C@H]2n2cc(C)c(=O)[nH]c2=O)cc1. The first-order valence-electron chi connectivity index (χ1n) is 14.0. The standard InChI is InChI=1S/C32H32N2O7S2/c1-19-9-13-23(14-10-19)42-27-28(43(37,38)24-15-11-20(2)12-16-24)26-25(18-39-31(41-26)22-7-5-4-6-8-22)40-30(27)34-17-21(3)29(35)33-32(34)36/h4-17,25-28,30-31H,18H2,1-3H3,(H,33,35,36)/t25-,26-,27-,28-,30-,31?/m1/s1. The number of rotatable bonds is 6. The molecule has 2 aliphatic heterocycles. The summed E-state index contributed by atoms with van der Waals surface area (Å²) in [7, 11) is -4.07. The highest BCUT2D eigenvalue weighted by atomic mass is 32.2. The third-order valence-corrected chi connectivity index (χ3v) is 11.5. The van der Waals surface area contributed by atoms with Crippen LogP contribution in [-0.2, 0) is 24.0 Å². The molecule has 11 heteroatoms. The largest absolute Gasteiger partial charge is 0.348 e. The number of hydrogen-bond donors (Lipinski definition) is 1. The van der Waals surface area contributed by atoms with Gasteiger partial charge >= 0.3 is 5.69 Å². The first-order valence-corrected chi connectivity index (χ1v) is 16.4. The van der Waals surface area contributed by atoms with Crippen molar-refractivity contribution in [1.29, 1.82) is 0 Å². The molecule has 1 N–H and O–H groups in total. The van der Waals surface area contributed by atoms with E-state index in [-0.39, 0.29) is 11.5 Å². The van der Waals surface area contributed by atoms with Crippen molar-refractivity contribution in [3.05, 3.63) is 128 Å². The van der Waals surface area contributed by atoms with Gasteiger partial charge < -0.3 is 14.2 Å². The molecular formula is C32H32N2O7S2. The fourth-order valence-electron chi connectivity index (χ4n) is 5.48. The molecule has 2 fully saturated rings. The zero-order valence-electron chi connectivity index (χ0n) is 23.9. The number of benzene rings is 3. The molecule has 1 aromatic heterocycles. The van der Waals surface area contributed by atoms with Gasteiger partial charge in [-0.25, -0.2) is 13.2 Å². The maximum absolute atomic E-state index is 14.7. The predicted molar refractivity (Wildman–Crippen MR) is 163 cm³/mol. The Morgan fingerprint density at radius 2 is 1.51 bits per heavy atom. The molecule has 9 nitrogen and oxygen atoms in total. The number of aromatic amines is 1. The van der Waals surface area contributed by atoms with Crippen LogP contribution in [0, 0.1) is 20.8 Å². The molecule has 0 spiro atoms. The summed E-state index contributed by atoms with van der Waals surface area (Å²) in [4.78, 5) is 28.7. The van der Waals surface area contributed by atoms with E-state index >= 15 is 0 Å². The Balaban J connectivity index is 1.52. The van der Waals surface area contributed by atoms with Gasteiger partial charge in [-0.3, -0.25) is 14.3 Å². The molecule has 3 heterocycles. The highest BCUT2D eigenvalue weighted by Crippen LogP contribution is 2.47. The van der Waals surface area contributed by atoms with E-state index in [9.17, 15) is 18.0 Å². The maximum Gasteiger partial charge on any atom is 0.330 e. The summed E-state index contributed by atoms with van der Waals surface area (Å²) in [5.74, 6) is 0. The quantitative estimate of drug-likeness (QED) is 0.336. The van der Waals surface area contributed by atoms with Gasteiger partial charge in [0.1, 0.15) is 17.5 Å². The first kappa shape index (κ1) is 29.6. The van der Waals surface area contributed by atoms with Crippen LogP contribution in [0.2, 0.25) is 0 Å². The normalized spacial score (nSPS) is 25.7. The molecule has 1 unspecified atom stereocenters.